The monoisotopic (exact) mass is 172 g/mol. The van der Waals surface area contributed by atoms with E-state index < -0.39 is 0 Å². The van der Waals surface area contributed by atoms with E-state index in [-0.39, 0.29) is 0 Å². The molecule has 0 bridgehead atoms. The highest BCUT2D eigenvalue weighted by atomic mass is 16.6. The van der Waals surface area contributed by atoms with Crippen molar-refractivity contribution in [3.63, 3.8) is 0 Å². The van der Waals surface area contributed by atoms with Crippen molar-refractivity contribution in [1.82, 2.24) is 0 Å². The molecule has 0 amide bonds. The maximum Gasteiger partial charge on any atom is 0.116 e. The third-order valence-electron chi connectivity index (χ3n) is 0.928. The molecule has 0 aromatic carbocycles. The molecular formula is C8H16N2O2. The van der Waals surface area contributed by atoms with Crippen LogP contribution in [0, 0.1) is 0 Å². The fourth-order valence-electron chi connectivity index (χ4n) is 0.428. The van der Waals surface area contributed by atoms with E-state index in [0.29, 0.717) is 13.2 Å². The fraction of sp³-hybridized carbons (Fsp3) is 0.750. The summed E-state index contributed by atoms with van der Waals surface area (Å²) in [4.78, 5) is 9.62. The van der Waals surface area contributed by atoms with E-state index in [4.69, 9.17) is 9.68 Å². The van der Waals surface area contributed by atoms with E-state index in [1.165, 1.54) is 12.4 Å². The molecule has 0 unspecified atom stereocenters. The summed E-state index contributed by atoms with van der Waals surface area (Å²) in [6.07, 6.45) is 4.85. The summed E-state index contributed by atoms with van der Waals surface area (Å²) in [6.45, 7) is 5.32. The molecule has 0 rings (SSSR count). The van der Waals surface area contributed by atoms with Crippen LogP contribution >= 0.6 is 0 Å². The second-order valence-corrected chi connectivity index (χ2v) is 2.18. The molecule has 0 saturated carbocycles. The molecule has 0 fully saturated rings. The summed E-state index contributed by atoms with van der Waals surface area (Å²) in [7, 11) is 0. The predicted octanol–water partition coefficient (Wildman–Crippen LogP) is 1.81. The molecule has 0 atom stereocenters. The second-order valence-electron chi connectivity index (χ2n) is 2.18. The molecule has 70 valence electrons. The lowest BCUT2D eigenvalue weighted by atomic mass is 10.5. The Hall–Kier alpha value is -1.06. The highest BCUT2D eigenvalue weighted by molar-refractivity contribution is 6.15. The molecular weight excluding hydrogens is 156 g/mol. The van der Waals surface area contributed by atoms with Gasteiger partial charge in [-0.25, -0.2) is 0 Å². The van der Waals surface area contributed by atoms with Crippen LogP contribution in [0.2, 0.25) is 0 Å². The Morgan fingerprint density at radius 1 is 0.917 bits per heavy atom. The molecule has 12 heavy (non-hydrogen) atoms. The summed E-state index contributed by atoms with van der Waals surface area (Å²) >= 11 is 0. The maximum absolute atomic E-state index is 4.81. The van der Waals surface area contributed by atoms with Crippen LogP contribution in [0.25, 0.3) is 0 Å². The Balaban J connectivity index is 3.15. The standard InChI is InChI=1S/C8H16N2O2/c1-3-7-11-9-5-6-10-12-8-4-2/h5-6H,3-4,7-8H2,1-2H3/b9-5+,10-6+. The van der Waals surface area contributed by atoms with Crippen LogP contribution in [0.15, 0.2) is 10.3 Å². The Kier molecular flexibility index (Phi) is 9.06. The van der Waals surface area contributed by atoms with Gasteiger partial charge >= 0.3 is 0 Å². The normalized spacial score (nSPS) is 11.2. The van der Waals surface area contributed by atoms with E-state index in [1.54, 1.807) is 0 Å². The lowest BCUT2D eigenvalue weighted by Gasteiger charge is -1.92. The first-order chi connectivity index (χ1) is 5.91. The third kappa shape index (κ3) is 8.94. The quantitative estimate of drug-likeness (QED) is 0.334. The zero-order chi connectivity index (χ0) is 9.07. The molecule has 0 radical (unpaired) electrons. The van der Waals surface area contributed by atoms with Gasteiger partial charge in [0.2, 0.25) is 0 Å². The Morgan fingerprint density at radius 2 is 1.33 bits per heavy atom. The van der Waals surface area contributed by atoms with Crippen LogP contribution < -0.4 is 0 Å². The highest BCUT2D eigenvalue weighted by Gasteiger charge is 1.76. The van der Waals surface area contributed by atoms with Gasteiger partial charge in [-0.05, 0) is 12.8 Å². The zero-order valence-corrected chi connectivity index (χ0v) is 7.69. The van der Waals surface area contributed by atoms with Crippen molar-refractivity contribution >= 4 is 12.4 Å². The maximum atomic E-state index is 4.81. The minimum absolute atomic E-state index is 0.639. The Bertz CT molecular complexity index is 119. The SMILES string of the molecule is CCCO/N=C/C=N/OCCC. The Labute approximate surface area is 73.2 Å². The molecule has 0 aliphatic rings. The summed E-state index contributed by atoms with van der Waals surface area (Å²) in [5, 5.41) is 7.21. The van der Waals surface area contributed by atoms with Crippen LogP contribution in [0.4, 0.5) is 0 Å². The fourth-order valence-corrected chi connectivity index (χ4v) is 0.428. The first-order valence-corrected chi connectivity index (χ1v) is 4.21. The summed E-state index contributed by atoms with van der Waals surface area (Å²) in [6, 6.07) is 0. The number of hydrogen-bond donors (Lipinski definition) is 0. The number of rotatable bonds is 7. The summed E-state index contributed by atoms with van der Waals surface area (Å²) < 4.78 is 0. The Morgan fingerprint density at radius 3 is 1.67 bits per heavy atom. The molecule has 4 nitrogen and oxygen atoms in total. The van der Waals surface area contributed by atoms with Gasteiger partial charge in [0.1, 0.15) is 13.2 Å². The van der Waals surface area contributed by atoms with Gasteiger partial charge in [0.05, 0.1) is 12.4 Å². The first-order valence-electron chi connectivity index (χ1n) is 4.21. The molecule has 0 heterocycles. The van der Waals surface area contributed by atoms with Gasteiger partial charge in [0, 0.05) is 0 Å². The smallest absolute Gasteiger partial charge is 0.116 e. The van der Waals surface area contributed by atoms with E-state index in [0.717, 1.165) is 12.8 Å². The average molecular weight is 172 g/mol. The largest absolute Gasteiger partial charge is 0.396 e. The van der Waals surface area contributed by atoms with Crippen LogP contribution in [0.5, 0.6) is 0 Å². The van der Waals surface area contributed by atoms with Gasteiger partial charge in [-0.3, -0.25) is 0 Å². The van der Waals surface area contributed by atoms with Crippen LogP contribution in [-0.2, 0) is 9.68 Å². The van der Waals surface area contributed by atoms with E-state index in [1.807, 2.05) is 13.8 Å². The molecule has 0 saturated heterocycles. The minimum Gasteiger partial charge on any atom is -0.396 e. The van der Waals surface area contributed by atoms with E-state index in [2.05, 4.69) is 10.3 Å². The zero-order valence-electron chi connectivity index (χ0n) is 7.69. The van der Waals surface area contributed by atoms with Gasteiger partial charge < -0.3 is 9.68 Å². The molecule has 0 aliphatic heterocycles. The average Bonchev–Trinajstić information content (AvgIpc) is 2.10. The molecule has 0 aromatic rings. The van der Waals surface area contributed by atoms with E-state index >= 15 is 0 Å². The van der Waals surface area contributed by atoms with Gasteiger partial charge in [0.25, 0.3) is 0 Å². The molecule has 0 spiro atoms. The topological polar surface area (TPSA) is 43.2 Å². The van der Waals surface area contributed by atoms with Crippen molar-refractivity contribution in [3.8, 4) is 0 Å². The van der Waals surface area contributed by atoms with Gasteiger partial charge in [0.15, 0.2) is 0 Å². The summed E-state index contributed by atoms with van der Waals surface area (Å²) in [5.41, 5.74) is 0. The molecule has 0 aromatic heterocycles. The van der Waals surface area contributed by atoms with Crippen LogP contribution in [0.3, 0.4) is 0 Å². The minimum atomic E-state index is 0.639. The van der Waals surface area contributed by atoms with Crippen molar-refractivity contribution in [2.24, 2.45) is 10.3 Å². The number of hydrogen-bond acceptors (Lipinski definition) is 4. The van der Waals surface area contributed by atoms with Crippen molar-refractivity contribution in [1.29, 1.82) is 0 Å². The number of nitrogens with zero attached hydrogens (tertiary/aromatic N) is 2. The van der Waals surface area contributed by atoms with Gasteiger partial charge in [-0.2, -0.15) is 0 Å². The van der Waals surface area contributed by atoms with Crippen molar-refractivity contribution < 1.29 is 9.68 Å². The number of oxime groups is 2. The highest BCUT2D eigenvalue weighted by Crippen LogP contribution is 1.80. The lowest BCUT2D eigenvalue weighted by molar-refractivity contribution is 0.144. The third-order valence-corrected chi connectivity index (χ3v) is 0.928. The van der Waals surface area contributed by atoms with Crippen molar-refractivity contribution in [3.05, 3.63) is 0 Å². The van der Waals surface area contributed by atoms with Crippen LogP contribution in [-0.4, -0.2) is 25.6 Å². The second kappa shape index (κ2) is 9.94. The lowest BCUT2D eigenvalue weighted by Crippen LogP contribution is -1.87. The van der Waals surface area contributed by atoms with Crippen molar-refractivity contribution in [2.45, 2.75) is 26.7 Å². The molecule has 4 heteroatoms. The van der Waals surface area contributed by atoms with Gasteiger partial charge in [-0.15, -0.1) is 0 Å². The van der Waals surface area contributed by atoms with Crippen LogP contribution in [0.1, 0.15) is 26.7 Å². The van der Waals surface area contributed by atoms with Crippen molar-refractivity contribution in [2.75, 3.05) is 13.2 Å². The predicted molar refractivity (Wildman–Crippen MR) is 49.5 cm³/mol. The molecule has 0 N–H and O–H groups in total. The summed E-state index contributed by atoms with van der Waals surface area (Å²) in [5.74, 6) is 0. The van der Waals surface area contributed by atoms with Gasteiger partial charge in [-0.1, -0.05) is 24.2 Å². The first kappa shape index (κ1) is 10.9. The molecule has 0 aliphatic carbocycles. The van der Waals surface area contributed by atoms with E-state index in [9.17, 15) is 0 Å².